The number of carbonyl (C=O) groups is 1. The fourth-order valence-corrected chi connectivity index (χ4v) is 7.49. The van der Waals surface area contributed by atoms with Crippen LogP contribution < -0.4 is 10.2 Å². The Morgan fingerprint density at radius 1 is 1.17 bits per heavy atom. The van der Waals surface area contributed by atoms with Crippen LogP contribution >= 0.6 is 11.8 Å². The number of hydrogen-bond acceptors (Lipinski definition) is 6. The van der Waals surface area contributed by atoms with Gasteiger partial charge in [-0.15, -0.1) is 0 Å². The van der Waals surface area contributed by atoms with E-state index in [1.807, 2.05) is 11.8 Å². The van der Waals surface area contributed by atoms with E-state index >= 15 is 0 Å². The molecule has 7 heteroatoms. The summed E-state index contributed by atoms with van der Waals surface area (Å²) >= 11 is 1.98. The van der Waals surface area contributed by atoms with Gasteiger partial charge in [0.2, 0.25) is 5.95 Å². The third-order valence-electron chi connectivity index (χ3n) is 7.85. The van der Waals surface area contributed by atoms with Gasteiger partial charge in [-0.2, -0.15) is 11.8 Å². The number of amides is 1. The lowest BCUT2D eigenvalue weighted by Crippen LogP contribution is -2.61. The van der Waals surface area contributed by atoms with E-state index in [0.717, 1.165) is 81.2 Å². The van der Waals surface area contributed by atoms with Gasteiger partial charge in [0.25, 0.3) is 5.91 Å². The number of carbonyl (C=O) groups excluding carboxylic acids is 1. The van der Waals surface area contributed by atoms with Crippen molar-refractivity contribution in [2.75, 3.05) is 29.5 Å². The highest BCUT2D eigenvalue weighted by Crippen LogP contribution is 2.55. The molecule has 156 valence electrons. The van der Waals surface area contributed by atoms with Crippen molar-refractivity contribution in [2.45, 2.75) is 62.5 Å². The topological polar surface area (TPSA) is 78.3 Å². The standard InChI is InChI=1S/C22H30N4O2S/c27-20(24-18-15-7-13-8-16(18)11-22(28,9-13)10-15)17-12-23-21(25-19(17)14-1-2-14)26-3-5-29-6-4-26/h12-16,18,28H,1-11H2,(H,24,27). The molecule has 7 rings (SSSR count). The lowest BCUT2D eigenvalue weighted by Gasteiger charge is -2.58. The summed E-state index contributed by atoms with van der Waals surface area (Å²) in [6.45, 7) is 1.96. The molecule has 1 aromatic heterocycles. The first-order valence-electron chi connectivity index (χ1n) is 11.3. The van der Waals surface area contributed by atoms with Crippen LogP contribution in [0.4, 0.5) is 5.95 Å². The monoisotopic (exact) mass is 414 g/mol. The summed E-state index contributed by atoms with van der Waals surface area (Å²) in [6, 6.07) is 0.199. The quantitative estimate of drug-likeness (QED) is 0.789. The SMILES string of the molecule is O=C(NC1C2CC3CC1CC(O)(C3)C2)c1cnc(N2CCSCC2)nc1C1CC1. The van der Waals surface area contributed by atoms with E-state index in [-0.39, 0.29) is 11.9 Å². The van der Waals surface area contributed by atoms with E-state index in [4.69, 9.17) is 4.98 Å². The molecule has 1 aromatic rings. The van der Waals surface area contributed by atoms with Crippen LogP contribution in [0.1, 0.15) is 66.9 Å². The van der Waals surface area contributed by atoms with Gasteiger partial charge in [-0.3, -0.25) is 4.79 Å². The highest BCUT2D eigenvalue weighted by Gasteiger charge is 2.55. The molecule has 0 spiro atoms. The van der Waals surface area contributed by atoms with Crippen molar-refractivity contribution >= 4 is 23.6 Å². The van der Waals surface area contributed by atoms with Crippen molar-refractivity contribution < 1.29 is 9.90 Å². The minimum absolute atomic E-state index is 0.00267. The number of hydrogen-bond donors (Lipinski definition) is 2. The normalized spacial score (nSPS) is 38.3. The number of nitrogens with zero attached hydrogens (tertiary/aromatic N) is 3. The van der Waals surface area contributed by atoms with Crippen LogP contribution in [0.15, 0.2) is 6.20 Å². The average Bonchev–Trinajstić information content (AvgIpc) is 3.55. The number of rotatable bonds is 4. The van der Waals surface area contributed by atoms with Gasteiger partial charge in [-0.1, -0.05) is 0 Å². The molecular weight excluding hydrogens is 384 g/mol. The first-order chi connectivity index (χ1) is 14.1. The Labute approximate surface area is 176 Å². The zero-order chi connectivity index (χ0) is 19.6. The second-order valence-electron chi connectivity index (χ2n) is 10.0. The van der Waals surface area contributed by atoms with Crippen LogP contribution in [-0.2, 0) is 0 Å². The Bertz CT molecular complexity index is 807. The Hall–Kier alpha value is -1.34. The van der Waals surface area contributed by atoms with E-state index in [1.54, 1.807) is 6.20 Å². The summed E-state index contributed by atoms with van der Waals surface area (Å²) in [6.07, 6.45) is 8.99. The molecule has 2 atom stereocenters. The lowest BCUT2D eigenvalue weighted by atomic mass is 9.52. The van der Waals surface area contributed by atoms with Crippen molar-refractivity contribution in [3.8, 4) is 0 Å². The van der Waals surface area contributed by atoms with Crippen molar-refractivity contribution in [2.24, 2.45) is 17.8 Å². The molecule has 6 nitrogen and oxygen atoms in total. The molecular formula is C22H30N4O2S. The van der Waals surface area contributed by atoms with Crippen molar-refractivity contribution in [3.05, 3.63) is 17.5 Å². The molecule has 6 fully saturated rings. The Morgan fingerprint density at radius 2 is 1.90 bits per heavy atom. The van der Waals surface area contributed by atoms with Crippen LogP contribution in [0.5, 0.6) is 0 Å². The molecule has 5 saturated carbocycles. The molecule has 0 radical (unpaired) electrons. The van der Waals surface area contributed by atoms with Gasteiger partial charge in [0, 0.05) is 42.8 Å². The van der Waals surface area contributed by atoms with Crippen LogP contribution in [0.3, 0.4) is 0 Å². The Morgan fingerprint density at radius 3 is 2.55 bits per heavy atom. The van der Waals surface area contributed by atoms with E-state index in [2.05, 4.69) is 15.2 Å². The van der Waals surface area contributed by atoms with Crippen molar-refractivity contribution in [3.63, 3.8) is 0 Å². The molecule has 1 amide bonds. The predicted octanol–water partition coefficient (Wildman–Crippen LogP) is 2.58. The number of aliphatic hydroxyl groups is 1. The summed E-state index contributed by atoms with van der Waals surface area (Å²) in [4.78, 5) is 25.0. The zero-order valence-electron chi connectivity index (χ0n) is 16.8. The first kappa shape index (κ1) is 18.4. The van der Waals surface area contributed by atoms with Gasteiger partial charge in [0.1, 0.15) is 0 Å². The maximum atomic E-state index is 13.3. The summed E-state index contributed by atoms with van der Waals surface area (Å²) in [5, 5.41) is 14.2. The number of thioether (sulfide) groups is 1. The Balaban J connectivity index is 1.23. The van der Waals surface area contributed by atoms with Crippen molar-refractivity contribution in [1.29, 1.82) is 0 Å². The lowest BCUT2D eigenvalue weighted by molar-refractivity contribution is -0.136. The molecule has 2 unspecified atom stereocenters. The maximum Gasteiger partial charge on any atom is 0.254 e. The number of aromatic nitrogens is 2. The summed E-state index contributed by atoms with van der Waals surface area (Å²) < 4.78 is 0. The van der Waals surface area contributed by atoms with Gasteiger partial charge in [-0.25, -0.2) is 9.97 Å². The van der Waals surface area contributed by atoms with Crippen LogP contribution in [0.2, 0.25) is 0 Å². The summed E-state index contributed by atoms with van der Waals surface area (Å²) in [5.41, 5.74) is 1.16. The van der Waals surface area contributed by atoms with E-state index in [0.29, 0.717) is 29.2 Å². The van der Waals surface area contributed by atoms with Crippen LogP contribution in [0.25, 0.3) is 0 Å². The molecule has 6 aliphatic rings. The summed E-state index contributed by atoms with van der Waals surface area (Å²) in [5.74, 6) is 4.92. The highest BCUT2D eigenvalue weighted by molar-refractivity contribution is 7.99. The molecule has 1 aliphatic heterocycles. The third kappa shape index (κ3) is 3.34. The fourth-order valence-electron chi connectivity index (χ4n) is 6.59. The van der Waals surface area contributed by atoms with E-state index in [1.165, 1.54) is 0 Å². The molecule has 4 bridgehead atoms. The smallest absolute Gasteiger partial charge is 0.254 e. The second-order valence-corrected chi connectivity index (χ2v) is 11.3. The molecule has 2 N–H and O–H groups in total. The Kier molecular flexibility index (Phi) is 4.35. The van der Waals surface area contributed by atoms with Gasteiger partial charge >= 0.3 is 0 Å². The highest BCUT2D eigenvalue weighted by atomic mass is 32.2. The fraction of sp³-hybridized carbons (Fsp3) is 0.773. The average molecular weight is 415 g/mol. The van der Waals surface area contributed by atoms with Crippen molar-refractivity contribution in [1.82, 2.24) is 15.3 Å². The third-order valence-corrected chi connectivity index (χ3v) is 8.79. The maximum absolute atomic E-state index is 13.3. The predicted molar refractivity (Wildman–Crippen MR) is 113 cm³/mol. The molecule has 0 aromatic carbocycles. The molecule has 1 saturated heterocycles. The van der Waals surface area contributed by atoms with Gasteiger partial charge < -0.3 is 15.3 Å². The number of nitrogens with one attached hydrogen (secondary N) is 1. The second kappa shape index (κ2) is 6.84. The molecule has 2 heterocycles. The van der Waals surface area contributed by atoms with Crippen LogP contribution in [-0.4, -0.2) is 57.2 Å². The van der Waals surface area contributed by atoms with Crippen LogP contribution in [0, 0.1) is 17.8 Å². The van der Waals surface area contributed by atoms with E-state index in [9.17, 15) is 9.90 Å². The zero-order valence-corrected chi connectivity index (χ0v) is 17.7. The molecule has 5 aliphatic carbocycles. The van der Waals surface area contributed by atoms with Gasteiger partial charge in [0.05, 0.1) is 16.9 Å². The minimum atomic E-state index is -0.464. The summed E-state index contributed by atoms with van der Waals surface area (Å²) in [7, 11) is 0. The molecule has 29 heavy (non-hydrogen) atoms. The van der Waals surface area contributed by atoms with E-state index < -0.39 is 5.60 Å². The number of anilines is 1. The van der Waals surface area contributed by atoms with Gasteiger partial charge in [0.15, 0.2) is 0 Å². The largest absolute Gasteiger partial charge is 0.390 e. The van der Waals surface area contributed by atoms with Gasteiger partial charge in [-0.05, 0) is 62.7 Å². The minimum Gasteiger partial charge on any atom is -0.390 e. The first-order valence-corrected chi connectivity index (χ1v) is 12.5.